The molecule has 0 spiro atoms. The molecule has 96 valence electrons. The largest absolute Gasteiger partial charge is 0.323 e. The summed E-state index contributed by atoms with van der Waals surface area (Å²) in [6.07, 6.45) is 2.96. The van der Waals surface area contributed by atoms with Crippen molar-refractivity contribution in [1.29, 1.82) is 0 Å². The average molecular weight is 243 g/mol. The fraction of sp³-hybridized carbons (Fsp3) is 0.571. The molecule has 0 bridgehead atoms. The Morgan fingerprint density at radius 3 is 2.06 bits per heavy atom. The van der Waals surface area contributed by atoms with Gasteiger partial charge in [-0.05, 0) is 30.6 Å². The Bertz CT molecular complexity index is 195. The van der Waals surface area contributed by atoms with Gasteiger partial charge in [-0.3, -0.25) is 0 Å². The zero-order chi connectivity index (χ0) is 13.6. The van der Waals surface area contributed by atoms with Gasteiger partial charge in [0.25, 0.3) is 0 Å². The van der Waals surface area contributed by atoms with Gasteiger partial charge in [-0.15, -0.1) is 11.8 Å². The first kappa shape index (κ1) is 20.9. The van der Waals surface area contributed by atoms with Crippen LogP contribution < -0.4 is 5.73 Å². The van der Waals surface area contributed by atoms with E-state index in [9.17, 15) is 0 Å². The van der Waals surface area contributed by atoms with Gasteiger partial charge in [0.1, 0.15) is 0 Å². The van der Waals surface area contributed by atoms with Crippen LogP contribution in [0, 0.1) is 0 Å². The molecule has 2 N–H and O–H groups in total. The molecule has 0 amide bonds. The third-order valence-corrected chi connectivity index (χ3v) is 2.46. The first-order valence-electron chi connectivity index (χ1n) is 5.95. The first-order chi connectivity index (χ1) is 7.61. The Labute approximate surface area is 107 Å². The van der Waals surface area contributed by atoms with Crippen LogP contribution in [0.5, 0.6) is 0 Å². The van der Waals surface area contributed by atoms with E-state index in [2.05, 4.69) is 26.2 Å². The fourth-order valence-corrected chi connectivity index (χ4v) is 1.25. The smallest absolute Gasteiger partial charge is 0.0389 e. The second-order valence-corrected chi connectivity index (χ2v) is 3.79. The summed E-state index contributed by atoms with van der Waals surface area (Å²) in [4.78, 5) is 0.978. The minimum Gasteiger partial charge on any atom is -0.323 e. The summed E-state index contributed by atoms with van der Waals surface area (Å²) in [5.41, 5.74) is 7.17. The second kappa shape index (κ2) is 16.9. The van der Waals surface area contributed by atoms with E-state index in [4.69, 9.17) is 5.73 Å². The van der Waals surface area contributed by atoms with Crippen LogP contribution in [0.15, 0.2) is 35.1 Å². The van der Waals surface area contributed by atoms with Crippen molar-refractivity contribution >= 4 is 11.8 Å². The normalized spacial score (nSPS) is 11.3. The minimum absolute atomic E-state index is 0.0456. The highest BCUT2D eigenvalue weighted by Gasteiger charge is 2.06. The number of rotatable bonds is 5. The maximum atomic E-state index is 5.87. The van der Waals surface area contributed by atoms with Crippen LogP contribution in [-0.2, 0) is 0 Å². The third kappa shape index (κ3) is 13.5. The molecule has 0 radical (unpaired) electrons. The first-order valence-corrected chi connectivity index (χ1v) is 6.83. The van der Waals surface area contributed by atoms with Gasteiger partial charge in [0.2, 0.25) is 0 Å². The number of thioether (sulfide) groups is 1. The van der Waals surface area contributed by atoms with E-state index in [-0.39, 0.29) is 6.04 Å². The van der Waals surface area contributed by atoms with Gasteiger partial charge < -0.3 is 5.73 Å². The molecule has 0 aromatic rings. The highest BCUT2D eigenvalue weighted by Crippen LogP contribution is 2.20. The SMILES string of the molecule is C=CSC(=C)C(N)C/C(C)=C\C.CC.CC. The van der Waals surface area contributed by atoms with Gasteiger partial charge in [0.15, 0.2) is 0 Å². The lowest BCUT2D eigenvalue weighted by Crippen LogP contribution is -2.20. The van der Waals surface area contributed by atoms with Crippen LogP contribution >= 0.6 is 11.8 Å². The lowest BCUT2D eigenvalue weighted by Gasteiger charge is -2.12. The van der Waals surface area contributed by atoms with E-state index in [0.717, 1.165) is 11.3 Å². The molecule has 0 aromatic carbocycles. The lowest BCUT2D eigenvalue weighted by molar-refractivity contribution is 0.791. The zero-order valence-electron chi connectivity index (χ0n) is 11.8. The standard InChI is InChI=1S/C10H17NS.2C2H6/c1-5-8(3)7-10(11)9(4)12-6-2;2*1-2/h5-6,10H,2,4,7,11H2,1,3H3;2*1-2H3/b8-5-;;. The van der Waals surface area contributed by atoms with Crippen molar-refractivity contribution in [3.63, 3.8) is 0 Å². The Balaban J connectivity index is -0.000000376. The molecular formula is C14H29NS. The Morgan fingerprint density at radius 2 is 1.75 bits per heavy atom. The van der Waals surface area contributed by atoms with Crippen LogP contribution in [0.1, 0.15) is 48.0 Å². The van der Waals surface area contributed by atoms with Crippen molar-refractivity contribution in [3.8, 4) is 0 Å². The molecule has 0 aliphatic rings. The molecule has 0 aliphatic carbocycles. The van der Waals surface area contributed by atoms with E-state index < -0.39 is 0 Å². The van der Waals surface area contributed by atoms with Gasteiger partial charge in [-0.1, -0.05) is 52.5 Å². The van der Waals surface area contributed by atoms with Crippen molar-refractivity contribution in [1.82, 2.24) is 0 Å². The van der Waals surface area contributed by atoms with E-state index in [0.29, 0.717) is 0 Å². The van der Waals surface area contributed by atoms with Gasteiger partial charge in [0.05, 0.1) is 0 Å². The predicted octanol–water partition coefficient (Wildman–Crippen LogP) is 5.11. The molecule has 1 unspecified atom stereocenters. The molecular weight excluding hydrogens is 214 g/mol. The highest BCUT2D eigenvalue weighted by molar-refractivity contribution is 8.05. The maximum absolute atomic E-state index is 5.87. The second-order valence-electron chi connectivity index (χ2n) is 2.70. The summed E-state index contributed by atoms with van der Waals surface area (Å²) in [5.74, 6) is 0. The van der Waals surface area contributed by atoms with Crippen LogP contribution in [0.2, 0.25) is 0 Å². The number of hydrogen-bond donors (Lipinski definition) is 1. The Hall–Kier alpha value is -0.470. The predicted molar refractivity (Wildman–Crippen MR) is 81.6 cm³/mol. The van der Waals surface area contributed by atoms with Crippen LogP contribution in [0.4, 0.5) is 0 Å². The quantitative estimate of drug-likeness (QED) is 0.679. The van der Waals surface area contributed by atoms with Crippen LogP contribution in [0.3, 0.4) is 0 Å². The van der Waals surface area contributed by atoms with Crippen LogP contribution in [-0.4, -0.2) is 6.04 Å². The summed E-state index contributed by atoms with van der Waals surface area (Å²) in [5, 5.41) is 1.76. The molecule has 16 heavy (non-hydrogen) atoms. The molecule has 2 heteroatoms. The molecule has 0 heterocycles. The average Bonchev–Trinajstić information content (AvgIpc) is 2.34. The monoisotopic (exact) mass is 243 g/mol. The lowest BCUT2D eigenvalue weighted by atomic mass is 10.1. The van der Waals surface area contributed by atoms with E-state index >= 15 is 0 Å². The molecule has 0 aliphatic heterocycles. The summed E-state index contributed by atoms with van der Waals surface area (Å²) in [7, 11) is 0. The van der Waals surface area contributed by atoms with Gasteiger partial charge >= 0.3 is 0 Å². The summed E-state index contributed by atoms with van der Waals surface area (Å²) in [6, 6.07) is 0.0456. The highest BCUT2D eigenvalue weighted by atomic mass is 32.2. The van der Waals surface area contributed by atoms with Gasteiger partial charge in [0, 0.05) is 6.04 Å². The molecule has 0 aromatic heterocycles. The van der Waals surface area contributed by atoms with Crippen molar-refractivity contribution < 1.29 is 0 Å². The van der Waals surface area contributed by atoms with E-state index in [1.54, 1.807) is 5.41 Å². The molecule has 1 nitrogen and oxygen atoms in total. The van der Waals surface area contributed by atoms with Gasteiger partial charge in [-0.2, -0.15) is 0 Å². The molecule has 1 atom stereocenters. The topological polar surface area (TPSA) is 26.0 Å². The third-order valence-electron chi connectivity index (χ3n) is 1.68. The molecule has 0 fully saturated rings. The van der Waals surface area contributed by atoms with E-state index in [1.165, 1.54) is 17.3 Å². The van der Waals surface area contributed by atoms with Crippen molar-refractivity contribution in [2.45, 2.75) is 54.0 Å². The number of allylic oxidation sites excluding steroid dienone is 1. The van der Waals surface area contributed by atoms with Crippen molar-refractivity contribution in [2.24, 2.45) is 5.73 Å². The number of nitrogens with two attached hydrogens (primary N) is 1. The number of hydrogen-bond acceptors (Lipinski definition) is 2. The molecule has 0 saturated carbocycles. The van der Waals surface area contributed by atoms with Gasteiger partial charge in [-0.25, -0.2) is 0 Å². The van der Waals surface area contributed by atoms with Crippen LogP contribution in [0.25, 0.3) is 0 Å². The summed E-state index contributed by atoms with van der Waals surface area (Å²) < 4.78 is 0. The zero-order valence-corrected chi connectivity index (χ0v) is 12.7. The maximum Gasteiger partial charge on any atom is 0.0389 e. The molecule has 0 rings (SSSR count). The fourth-order valence-electron chi connectivity index (χ4n) is 0.773. The summed E-state index contributed by atoms with van der Waals surface area (Å²) >= 11 is 1.51. The Morgan fingerprint density at radius 1 is 1.31 bits per heavy atom. The minimum atomic E-state index is 0.0456. The van der Waals surface area contributed by atoms with Crippen molar-refractivity contribution in [3.05, 3.63) is 35.1 Å². The van der Waals surface area contributed by atoms with E-state index in [1.807, 2.05) is 34.6 Å². The Kier molecular flexibility index (Phi) is 22.1. The summed E-state index contributed by atoms with van der Waals surface area (Å²) in [6.45, 7) is 19.6. The van der Waals surface area contributed by atoms with Crippen molar-refractivity contribution in [2.75, 3.05) is 0 Å². The molecule has 0 saturated heterocycles.